The maximum atomic E-state index is 13.0. The van der Waals surface area contributed by atoms with Crippen molar-refractivity contribution >= 4 is 17.8 Å². The number of hydrogen-bond donors (Lipinski definition) is 1. The fraction of sp³-hybridized carbons (Fsp3) is 0.927. The summed E-state index contributed by atoms with van der Waals surface area (Å²) in [5, 5.41) is 0. The lowest BCUT2D eigenvalue weighted by Crippen LogP contribution is -2.37. The lowest BCUT2D eigenvalue weighted by atomic mass is 10.2. The largest absolute Gasteiger partial charge is 0.460 e. The van der Waals surface area contributed by atoms with Gasteiger partial charge in [-0.25, -0.2) is 0 Å². The third-order valence-corrected chi connectivity index (χ3v) is 7.18. The van der Waals surface area contributed by atoms with E-state index in [-0.39, 0.29) is 56.9 Å². The van der Waals surface area contributed by atoms with E-state index in [0.29, 0.717) is 158 Å². The Labute approximate surface area is 359 Å². The molecule has 0 spiro atoms. The first kappa shape index (κ1) is 57.9. The molecular weight excluding hydrogens is 792 g/mol. The summed E-state index contributed by atoms with van der Waals surface area (Å²) in [6.07, 6.45) is 0.607. The Morgan fingerprint density at radius 3 is 0.850 bits per heavy atom. The van der Waals surface area contributed by atoms with Crippen molar-refractivity contribution in [3.63, 3.8) is 0 Å². The summed E-state index contributed by atoms with van der Waals surface area (Å²) in [6, 6.07) is 0. The molecular formula is C41H80N2O17. The minimum atomic E-state index is -0.506. The number of nitrogens with zero attached hydrogens (tertiary/aromatic N) is 1. The van der Waals surface area contributed by atoms with E-state index in [1.54, 1.807) is 4.90 Å². The fourth-order valence-electron chi connectivity index (χ4n) is 4.49. The molecule has 60 heavy (non-hydrogen) atoms. The quantitative estimate of drug-likeness (QED) is 0.0684. The molecule has 0 aliphatic rings. The number of rotatable bonds is 44. The van der Waals surface area contributed by atoms with E-state index in [4.69, 9.17) is 72.0 Å². The molecule has 0 fully saturated rings. The standard InChI is InChI=1S/C41H80N2O17/c1-40(2,3)59-38(45)8-14-48-20-26-54-32-35-57-29-23-51-17-11-43(37(44)7-13-47-19-25-53-31-34-56-28-22-50-16-10-42)12-18-52-24-30-58-36-33-55-27-21-49-15-9-39(46)60-41(4,5)6/h7-36,42H2,1-6H3. The van der Waals surface area contributed by atoms with Gasteiger partial charge in [0, 0.05) is 19.6 Å². The number of amides is 1. The number of ether oxygens (including phenoxy) is 14. The van der Waals surface area contributed by atoms with Crippen molar-refractivity contribution < 1.29 is 80.7 Å². The smallest absolute Gasteiger partial charge is 0.308 e. The predicted octanol–water partition coefficient (Wildman–Crippen LogP) is 1.83. The van der Waals surface area contributed by atoms with Crippen LogP contribution in [0.4, 0.5) is 0 Å². The van der Waals surface area contributed by atoms with E-state index in [9.17, 15) is 14.4 Å². The van der Waals surface area contributed by atoms with Gasteiger partial charge in [-0.05, 0) is 41.5 Å². The topological polar surface area (TPSA) is 210 Å². The molecule has 19 heteroatoms. The molecule has 0 unspecified atom stereocenters. The van der Waals surface area contributed by atoms with Crippen LogP contribution in [0.25, 0.3) is 0 Å². The van der Waals surface area contributed by atoms with Gasteiger partial charge in [0.2, 0.25) is 5.91 Å². The van der Waals surface area contributed by atoms with Crippen LogP contribution in [0.2, 0.25) is 0 Å². The van der Waals surface area contributed by atoms with E-state index in [2.05, 4.69) is 0 Å². The molecule has 0 aliphatic heterocycles. The molecule has 0 saturated carbocycles. The Bertz CT molecular complexity index is 941. The first-order chi connectivity index (χ1) is 28.8. The zero-order valence-corrected chi connectivity index (χ0v) is 37.7. The zero-order chi connectivity index (χ0) is 44.4. The van der Waals surface area contributed by atoms with Crippen LogP contribution in [0.1, 0.15) is 60.8 Å². The summed E-state index contributed by atoms with van der Waals surface area (Å²) in [5.41, 5.74) is 4.36. The predicted molar refractivity (Wildman–Crippen MR) is 221 cm³/mol. The lowest BCUT2D eigenvalue weighted by molar-refractivity contribution is -0.157. The van der Waals surface area contributed by atoms with Gasteiger partial charge in [0.25, 0.3) is 0 Å². The van der Waals surface area contributed by atoms with Gasteiger partial charge in [0.1, 0.15) is 11.2 Å². The highest BCUT2D eigenvalue weighted by molar-refractivity contribution is 5.76. The molecule has 0 aromatic carbocycles. The van der Waals surface area contributed by atoms with Gasteiger partial charge in [-0.1, -0.05) is 0 Å². The van der Waals surface area contributed by atoms with Crippen LogP contribution in [-0.4, -0.2) is 212 Å². The zero-order valence-electron chi connectivity index (χ0n) is 37.7. The van der Waals surface area contributed by atoms with Crippen LogP contribution in [0.3, 0.4) is 0 Å². The molecule has 19 nitrogen and oxygen atoms in total. The molecule has 1 amide bonds. The highest BCUT2D eigenvalue weighted by Gasteiger charge is 2.17. The van der Waals surface area contributed by atoms with E-state index in [1.807, 2.05) is 41.5 Å². The van der Waals surface area contributed by atoms with Crippen molar-refractivity contribution in [3.8, 4) is 0 Å². The molecule has 0 saturated heterocycles. The first-order valence-corrected chi connectivity index (χ1v) is 21.2. The van der Waals surface area contributed by atoms with Crippen molar-refractivity contribution in [1.29, 1.82) is 0 Å². The maximum absolute atomic E-state index is 13.0. The highest BCUT2D eigenvalue weighted by Crippen LogP contribution is 2.09. The third-order valence-electron chi connectivity index (χ3n) is 7.18. The molecule has 0 bridgehead atoms. The number of carbonyl (C=O) groups is 3. The summed E-state index contributed by atoms with van der Waals surface area (Å²) < 4.78 is 76.6. The van der Waals surface area contributed by atoms with Crippen molar-refractivity contribution in [2.75, 3.05) is 178 Å². The van der Waals surface area contributed by atoms with Crippen LogP contribution in [0.15, 0.2) is 0 Å². The molecule has 0 aliphatic carbocycles. The van der Waals surface area contributed by atoms with Crippen molar-refractivity contribution in [1.82, 2.24) is 4.90 Å². The van der Waals surface area contributed by atoms with E-state index in [0.717, 1.165) is 0 Å². The minimum Gasteiger partial charge on any atom is -0.460 e. The van der Waals surface area contributed by atoms with Crippen LogP contribution in [0.5, 0.6) is 0 Å². The maximum Gasteiger partial charge on any atom is 0.308 e. The SMILES string of the molecule is CC(C)(C)OC(=O)CCOCCOCCOCCOCCN(CCOCCOCCOCCOCCC(=O)OC(C)(C)C)C(=O)CCOCCOCCOCCOCCN. The lowest BCUT2D eigenvalue weighted by Gasteiger charge is -2.23. The fourth-order valence-corrected chi connectivity index (χ4v) is 4.49. The monoisotopic (exact) mass is 873 g/mol. The average molecular weight is 873 g/mol. The molecule has 0 aromatic rings. The summed E-state index contributed by atoms with van der Waals surface area (Å²) in [6.45, 7) is 21.5. The Morgan fingerprint density at radius 1 is 0.350 bits per heavy atom. The second-order valence-corrected chi connectivity index (χ2v) is 14.9. The Kier molecular flexibility index (Phi) is 39.5. The van der Waals surface area contributed by atoms with E-state index >= 15 is 0 Å². The Hall–Kier alpha value is -2.11. The van der Waals surface area contributed by atoms with Crippen molar-refractivity contribution in [3.05, 3.63) is 0 Å². The molecule has 2 N–H and O–H groups in total. The average Bonchev–Trinajstić information content (AvgIpc) is 3.17. The number of nitrogens with two attached hydrogens (primary N) is 1. The highest BCUT2D eigenvalue weighted by atomic mass is 16.6. The summed E-state index contributed by atoms with van der Waals surface area (Å²) in [4.78, 5) is 38.1. The number of carbonyl (C=O) groups excluding carboxylic acids is 3. The summed E-state index contributed by atoms with van der Waals surface area (Å²) >= 11 is 0. The molecule has 0 radical (unpaired) electrons. The molecule has 356 valence electrons. The van der Waals surface area contributed by atoms with Gasteiger partial charge < -0.3 is 76.9 Å². The van der Waals surface area contributed by atoms with Crippen LogP contribution in [-0.2, 0) is 80.7 Å². The van der Waals surface area contributed by atoms with Gasteiger partial charge in [0.05, 0.1) is 178 Å². The van der Waals surface area contributed by atoms with Gasteiger partial charge in [-0.2, -0.15) is 0 Å². The number of esters is 2. The van der Waals surface area contributed by atoms with E-state index in [1.165, 1.54) is 0 Å². The van der Waals surface area contributed by atoms with Gasteiger partial charge in [-0.15, -0.1) is 0 Å². The normalized spacial score (nSPS) is 11.9. The van der Waals surface area contributed by atoms with E-state index < -0.39 is 11.2 Å². The second kappa shape index (κ2) is 40.9. The minimum absolute atomic E-state index is 0.0715. The molecule has 0 atom stereocenters. The first-order valence-electron chi connectivity index (χ1n) is 21.2. The summed E-state index contributed by atoms with van der Waals surface area (Å²) in [7, 11) is 0. The van der Waals surface area contributed by atoms with Gasteiger partial charge in [-0.3, -0.25) is 14.4 Å². The van der Waals surface area contributed by atoms with Crippen molar-refractivity contribution in [2.45, 2.75) is 72.0 Å². The molecule has 0 heterocycles. The Balaban J connectivity index is 4.17. The number of hydrogen-bond acceptors (Lipinski definition) is 18. The van der Waals surface area contributed by atoms with Crippen LogP contribution < -0.4 is 5.73 Å². The Morgan fingerprint density at radius 2 is 0.583 bits per heavy atom. The second-order valence-electron chi connectivity index (χ2n) is 14.9. The van der Waals surface area contributed by atoms with Gasteiger partial charge in [0.15, 0.2) is 0 Å². The van der Waals surface area contributed by atoms with Crippen LogP contribution >= 0.6 is 0 Å². The van der Waals surface area contributed by atoms with Crippen LogP contribution in [0, 0.1) is 0 Å². The molecule has 0 aromatic heterocycles. The molecule has 0 rings (SSSR count). The third kappa shape index (κ3) is 45.4. The summed E-state index contributed by atoms with van der Waals surface area (Å²) in [5.74, 6) is -0.652. The van der Waals surface area contributed by atoms with Gasteiger partial charge >= 0.3 is 11.9 Å². The van der Waals surface area contributed by atoms with Crippen molar-refractivity contribution in [2.24, 2.45) is 5.73 Å².